The van der Waals surface area contributed by atoms with E-state index in [-0.39, 0.29) is 0 Å². The Hall–Kier alpha value is -1.80. The summed E-state index contributed by atoms with van der Waals surface area (Å²) in [5.74, 6) is 0.353. The van der Waals surface area contributed by atoms with Crippen molar-refractivity contribution in [1.82, 2.24) is 9.38 Å². The van der Waals surface area contributed by atoms with Gasteiger partial charge in [-0.3, -0.25) is 4.40 Å². The molecule has 0 spiro atoms. The lowest BCUT2D eigenvalue weighted by molar-refractivity contribution is 0.837. The van der Waals surface area contributed by atoms with Crippen LogP contribution in [-0.2, 0) is 0 Å². The molecule has 3 aromatic rings. The Morgan fingerprint density at radius 2 is 1.79 bits per heavy atom. The summed E-state index contributed by atoms with van der Waals surface area (Å²) in [5, 5.41) is 0.687. The molecule has 96 valence electrons. The van der Waals surface area contributed by atoms with Crippen molar-refractivity contribution in [3.8, 4) is 11.3 Å². The Labute approximate surface area is 117 Å². The number of pyridine rings is 1. The van der Waals surface area contributed by atoms with Crippen LogP contribution in [0, 0.1) is 0 Å². The van der Waals surface area contributed by atoms with Crippen LogP contribution in [0.5, 0.6) is 0 Å². The van der Waals surface area contributed by atoms with E-state index in [0.717, 1.165) is 17.0 Å². The lowest BCUT2D eigenvalue weighted by Gasteiger charge is -2.07. The first-order valence-electron chi connectivity index (χ1n) is 6.40. The molecule has 0 aliphatic rings. The van der Waals surface area contributed by atoms with Crippen molar-refractivity contribution in [1.29, 1.82) is 0 Å². The van der Waals surface area contributed by atoms with E-state index in [0.29, 0.717) is 10.9 Å². The van der Waals surface area contributed by atoms with Gasteiger partial charge in [0.15, 0.2) is 5.65 Å². The predicted octanol–water partition coefficient (Wildman–Crippen LogP) is 4.78. The Balaban J connectivity index is 2.38. The summed E-state index contributed by atoms with van der Waals surface area (Å²) in [6.45, 7) is 4.31. The van der Waals surface area contributed by atoms with Gasteiger partial charge in [-0.1, -0.05) is 55.8 Å². The van der Waals surface area contributed by atoms with Gasteiger partial charge in [0.1, 0.15) is 0 Å². The fraction of sp³-hybridized carbons (Fsp3) is 0.188. The van der Waals surface area contributed by atoms with Crippen LogP contribution in [0.15, 0.2) is 48.7 Å². The summed E-state index contributed by atoms with van der Waals surface area (Å²) in [5.41, 5.74) is 4.21. The van der Waals surface area contributed by atoms with Gasteiger partial charge in [0.25, 0.3) is 0 Å². The van der Waals surface area contributed by atoms with Crippen molar-refractivity contribution < 1.29 is 0 Å². The third-order valence-corrected chi connectivity index (χ3v) is 3.52. The molecule has 0 amide bonds. The van der Waals surface area contributed by atoms with Crippen molar-refractivity contribution in [2.75, 3.05) is 0 Å². The highest BCUT2D eigenvalue weighted by molar-refractivity contribution is 6.33. The molecule has 0 atom stereocenters. The number of imidazole rings is 1. The number of hydrogen-bond acceptors (Lipinski definition) is 1. The Bertz CT molecular complexity index is 714. The Kier molecular flexibility index (Phi) is 3.03. The molecule has 2 heterocycles. The molecule has 2 aromatic heterocycles. The zero-order valence-electron chi connectivity index (χ0n) is 11.0. The van der Waals surface area contributed by atoms with Crippen molar-refractivity contribution in [2.45, 2.75) is 19.8 Å². The molecule has 0 bridgehead atoms. The molecule has 19 heavy (non-hydrogen) atoms. The fourth-order valence-electron chi connectivity index (χ4n) is 2.34. The summed E-state index contributed by atoms with van der Waals surface area (Å²) >= 11 is 6.25. The largest absolute Gasteiger partial charge is 0.298 e. The summed E-state index contributed by atoms with van der Waals surface area (Å²) in [4.78, 5) is 4.72. The van der Waals surface area contributed by atoms with Gasteiger partial charge in [-0.2, -0.15) is 0 Å². The van der Waals surface area contributed by atoms with Crippen molar-refractivity contribution in [2.24, 2.45) is 0 Å². The molecular weight excluding hydrogens is 256 g/mol. The average Bonchev–Trinajstić information content (AvgIpc) is 2.81. The van der Waals surface area contributed by atoms with E-state index in [2.05, 4.69) is 30.4 Å². The average molecular weight is 271 g/mol. The van der Waals surface area contributed by atoms with Crippen molar-refractivity contribution >= 4 is 17.2 Å². The van der Waals surface area contributed by atoms with Crippen LogP contribution in [0.25, 0.3) is 16.9 Å². The standard InChI is InChI=1S/C16H15ClN2/c1-11(2)14-15(12-7-4-3-5-8-12)19-10-6-9-13(17)16(19)18-14/h3-11H,1-2H3. The maximum atomic E-state index is 6.25. The molecule has 3 heteroatoms. The zero-order valence-corrected chi connectivity index (χ0v) is 11.7. The Morgan fingerprint density at radius 1 is 1.05 bits per heavy atom. The van der Waals surface area contributed by atoms with Gasteiger partial charge in [-0.05, 0) is 18.1 Å². The second-order valence-corrected chi connectivity index (χ2v) is 5.32. The molecule has 0 N–H and O–H groups in total. The van der Waals surface area contributed by atoms with E-state index in [1.54, 1.807) is 0 Å². The number of aromatic nitrogens is 2. The van der Waals surface area contributed by atoms with E-state index in [4.69, 9.17) is 16.6 Å². The second kappa shape index (κ2) is 4.71. The molecule has 0 aliphatic heterocycles. The third-order valence-electron chi connectivity index (χ3n) is 3.22. The van der Waals surface area contributed by atoms with Gasteiger partial charge in [-0.15, -0.1) is 0 Å². The van der Waals surface area contributed by atoms with Crippen LogP contribution in [0.2, 0.25) is 5.02 Å². The van der Waals surface area contributed by atoms with E-state index >= 15 is 0 Å². The quantitative estimate of drug-likeness (QED) is 0.655. The molecule has 3 rings (SSSR count). The highest BCUT2D eigenvalue weighted by Crippen LogP contribution is 2.31. The van der Waals surface area contributed by atoms with E-state index in [1.165, 1.54) is 5.56 Å². The zero-order chi connectivity index (χ0) is 13.4. The number of halogens is 1. The minimum absolute atomic E-state index is 0.353. The first-order valence-corrected chi connectivity index (χ1v) is 6.78. The molecule has 0 radical (unpaired) electrons. The minimum atomic E-state index is 0.353. The predicted molar refractivity (Wildman–Crippen MR) is 79.7 cm³/mol. The molecule has 1 aromatic carbocycles. The van der Waals surface area contributed by atoms with Gasteiger partial charge in [0.2, 0.25) is 0 Å². The summed E-state index contributed by atoms with van der Waals surface area (Å²) in [6.07, 6.45) is 2.02. The van der Waals surface area contributed by atoms with Crippen molar-refractivity contribution in [3.63, 3.8) is 0 Å². The fourth-order valence-corrected chi connectivity index (χ4v) is 2.54. The molecule has 2 nitrogen and oxygen atoms in total. The summed E-state index contributed by atoms with van der Waals surface area (Å²) in [7, 11) is 0. The first-order chi connectivity index (χ1) is 9.18. The number of hydrogen-bond donors (Lipinski definition) is 0. The molecule has 0 unspecified atom stereocenters. The highest BCUT2D eigenvalue weighted by atomic mass is 35.5. The molecule has 0 fully saturated rings. The summed E-state index contributed by atoms with van der Waals surface area (Å²) < 4.78 is 2.08. The Morgan fingerprint density at radius 3 is 2.47 bits per heavy atom. The third kappa shape index (κ3) is 2.02. The SMILES string of the molecule is CC(C)c1nc2c(Cl)cccn2c1-c1ccccc1. The number of rotatable bonds is 2. The van der Waals surface area contributed by atoms with Crippen LogP contribution in [0.3, 0.4) is 0 Å². The lowest BCUT2D eigenvalue weighted by atomic mass is 10.0. The smallest absolute Gasteiger partial charge is 0.156 e. The molecular formula is C16H15ClN2. The van der Waals surface area contributed by atoms with Crippen LogP contribution in [0.4, 0.5) is 0 Å². The molecule has 0 saturated carbocycles. The minimum Gasteiger partial charge on any atom is -0.298 e. The monoisotopic (exact) mass is 270 g/mol. The lowest BCUT2D eigenvalue weighted by Crippen LogP contribution is -1.93. The highest BCUT2D eigenvalue weighted by Gasteiger charge is 2.17. The van der Waals surface area contributed by atoms with Gasteiger partial charge in [0, 0.05) is 11.8 Å². The molecule has 0 aliphatic carbocycles. The van der Waals surface area contributed by atoms with Crippen LogP contribution >= 0.6 is 11.6 Å². The van der Waals surface area contributed by atoms with Gasteiger partial charge in [0.05, 0.1) is 16.4 Å². The maximum absolute atomic E-state index is 6.25. The van der Waals surface area contributed by atoms with Gasteiger partial charge < -0.3 is 0 Å². The first kappa shape index (κ1) is 12.2. The van der Waals surface area contributed by atoms with Gasteiger partial charge >= 0.3 is 0 Å². The van der Waals surface area contributed by atoms with Gasteiger partial charge in [-0.25, -0.2) is 4.98 Å². The van der Waals surface area contributed by atoms with E-state index in [9.17, 15) is 0 Å². The van der Waals surface area contributed by atoms with Crippen LogP contribution < -0.4 is 0 Å². The number of benzene rings is 1. The van der Waals surface area contributed by atoms with E-state index < -0.39 is 0 Å². The second-order valence-electron chi connectivity index (χ2n) is 4.92. The number of fused-ring (bicyclic) bond motifs is 1. The van der Waals surface area contributed by atoms with E-state index in [1.807, 2.05) is 36.5 Å². The van der Waals surface area contributed by atoms with Crippen LogP contribution in [0.1, 0.15) is 25.5 Å². The van der Waals surface area contributed by atoms with Crippen LogP contribution in [-0.4, -0.2) is 9.38 Å². The topological polar surface area (TPSA) is 17.3 Å². The molecule has 0 saturated heterocycles. The van der Waals surface area contributed by atoms with Crippen molar-refractivity contribution in [3.05, 3.63) is 59.4 Å². The maximum Gasteiger partial charge on any atom is 0.156 e. The number of nitrogens with zero attached hydrogens (tertiary/aromatic N) is 2. The summed E-state index contributed by atoms with van der Waals surface area (Å²) in [6, 6.07) is 14.2. The normalized spacial score (nSPS) is 11.4.